The van der Waals surface area contributed by atoms with Crippen molar-refractivity contribution in [1.29, 1.82) is 0 Å². The largest absolute Gasteiger partial charge is 0.380 e. The third kappa shape index (κ3) is 2.82. The number of hydrogen-bond acceptors (Lipinski definition) is 6. The van der Waals surface area contributed by atoms with Crippen molar-refractivity contribution in [3.8, 4) is 0 Å². The lowest BCUT2D eigenvalue weighted by atomic mass is 10.2. The van der Waals surface area contributed by atoms with E-state index in [4.69, 9.17) is 11.5 Å². The molecule has 0 aromatic carbocycles. The summed E-state index contributed by atoms with van der Waals surface area (Å²) in [5, 5.41) is 7.54. The highest BCUT2D eigenvalue weighted by Gasteiger charge is 2.19. The van der Waals surface area contributed by atoms with Gasteiger partial charge in [0.25, 0.3) is 0 Å². The molecule has 0 bridgehead atoms. The van der Waals surface area contributed by atoms with Crippen LogP contribution in [0.15, 0.2) is 12.3 Å². The Labute approximate surface area is 99.4 Å². The summed E-state index contributed by atoms with van der Waals surface area (Å²) in [5.74, 6) is 0.152. The molecule has 1 saturated heterocycles. The quantitative estimate of drug-likeness (QED) is 0.674. The van der Waals surface area contributed by atoms with Crippen molar-refractivity contribution in [1.82, 2.24) is 15.1 Å². The van der Waals surface area contributed by atoms with Crippen LogP contribution in [0.3, 0.4) is 0 Å². The molecule has 0 spiro atoms. The molecular formula is C10H16N6O. The third-order valence-electron chi connectivity index (χ3n) is 2.82. The first kappa shape index (κ1) is 11.6. The molecule has 1 amide bonds. The standard InChI is InChI=1S/C10H16N6O/c11-9(17)7-15-3-5-16(6-4-15)8-1-2-13-14-10(8)12/h1-2H,3-7H2,(H2,11,17)(H2,12,14). The van der Waals surface area contributed by atoms with Gasteiger partial charge in [0, 0.05) is 26.2 Å². The lowest BCUT2D eigenvalue weighted by molar-refractivity contribution is -0.119. The predicted octanol–water partition coefficient (Wildman–Crippen LogP) is -1.33. The Bertz CT molecular complexity index is 402. The van der Waals surface area contributed by atoms with Crippen LogP contribution >= 0.6 is 0 Å². The molecule has 2 rings (SSSR count). The molecule has 0 radical (unpaired) electrons. The SMILES string of the molecule is NC(=O)CN1CCN(c2ccnnc2N)CC1. The number of carbonyl (C=O) groups is 1. The van der Waals surface area contributed by atoms with Gasteiger partial charge in [-0.25, -0.2) is 0 Å². The molecule has 1 aliphatic heterocycles. The minimum Gasteiger partial charge on any atom is -0.380 e. The second-order valence-electron chi connectivity index (χ2n) is 4.03. The van der Waals surface area contributed by atoms with Gasteiger partial charge in [0.1, 0.15) is 0 Å². The maximum absolute atomic E-state index is 10.8. The van der Waals surface area contributed by atoms with Crippen LogP contribution in [0, 0.1) is 0 Å². The fraction of sp³-hybridized carbons (Fsp3) is 0.500. The van der Waals surface area contributed by atoms with Crippen molar-refractivity contribution >= 4 is 17.4 Å². The van der Waals surface area contributed by atoms with Gasteiger partial charge in [-0.05, 0) is 6.07 Å². The van der Waals surface area contributed by atoms with Crippen LogP contribution in [-0.2, 0) is 4.79 Å². The summed E-state index contributed by atoms with van der Waals surface area (Å²) in [6.07, 6.45) is 1.63. The topological polar surface area (TPSA) is 101 Å². The van der Waals surface area contributed by atoms with E-state index in [9.17, 15) is 4.79 Å². The van der Waals surface area contributed by atoms with Gasteiger partial charge in [0.05, 0.1) is 18.4 Å². The summed E-state index contributed by atoms with van der Waals surface area (Å²) < 4.78 is 0. The van der Waals surface area contributed by atoms with Crippen LogP contribution in [0.1, 0.15) is 0 Å². The van der Waals surface area contributed by atoms with Crippen molar-refractivity contribution in [2.24, 2.45) is 5.73 Å². The molecule has 92 valence electrons. The third-order valence-corrected chi connectivity index (χ3v) is 2.82. The summed E-state index contributed by atoms with van der Waals surface area (Å²) in [6, 6.07) is 1.85. The Balaban J connectivity index is 1.95. The number of hydrogen-bond donors (Lipinski definition) is 2. The van der Waals surface area contributed by atoms with E-state index in [2.05, 4.69) is 15.1 Å². The molecule has 0 aliphatic carbocycles. The number of piperazine rings is 1. The van der Waals surface area contributed by atoms with Gasteiger partial charge >= 0.3 is 0 Å². The molecule has 1 aromatic heterocycles. The fourth-order valence-corrected chi connectivity index (χ4v) is 1.97. The molecule has 7 nitrogen and oxygen atoms in total. The van der Waals surface area contributed by atoms with Crippen LogP contribution < -0.4 is 16.4 Å². The Hall–Kier alpha value is -1.89. The zero-order valence-electron chi connectivity index (χ0n) is 9.54. The molecule has 1 aromatic rings. The minimum absolute atomic E-state index is 0.288. The van der Waals surface area contributed by atoms with Crippen molar-refractivity contribution in [3.63, 3.8) is 0 Å². The number of rotatable bonds is 3. The summed E-state index contributed by atoms with van der Waals surface area (Å²) in [7, 11) is 0. The lowest BCUT2D eigenvalue weighted by Gasteiger charge is -2.35. The monoisotopic (exact) mass is 236 g/mol. The van der Waals surface area contributed by atoms with Gasteiger partial charge in [-0.1, -0.05) is 0 Å². The average Bonchev–Trinajstić information content (AvgIpc) is 2.30. The fourth-order valence-electron chi connectivity index (χ4n) is 1.97. The molecule has 0 atom stereocenters. The summed E-state index contributed by atoms with van der Waals surface area (Å²) in [6.45, 7) is 3.53. The van der Waals surface area contributed by atoms with Crippen LogP contribution in [0.25, 0.3) is 0 Å². The van der Waals surface area contributed by atoms with Gasteiger partial charge in [-0.3, -0.25) is 9.69 Å². The number of amides is 1. The highest BCUT2D eigenvalue weighted by Crippen LogP contribution is 2.20. The van der Waals surface area contributed by atoms with E-state index in [1.807, 2.05) is 11.0 Å². The number of anilines is 2. The molecular weight excluding hydrogens is 220 g/mol. The smallest absolute Gasteiger partial charge is 0.231 e. The first-order valence-corrected chi connectivity index (χ1v) is 5.49. The molecule has 4 N–H and O–H groups in total. The Morgan fingerprint density at radius 3 is 2.65 bits per heavy atom. The summed E-state index contributed by atoms with van der Waals surface area (Å²) in [4.78, 5) is 15.0. The van der Waals surface area contributed by atoms with Crippen molar-refractivity contribution in [2.75, 3.05) is 43.4 Å². The van der Waals surface area contributed by atoms with Gasteiger partial charge < -0.3 is 16.4 Å². The van der Waals surface area contributed by atoms with E-state index in [1.54, 1.807) is 6.20 Å². The number of primary amides is 1. The van der Waals surface area contributed by atoms with Crippen molar-refractivity contribution in [2.45, 2.75) is 0 Å². The molecule has 1 aliphatic rings. The minimum atomic E-state index is -0.288. The molecule has 17 heavy (non-hydrogen) atoms. The number of aromatic nitrogens is 2. The van der Waals surface area contributed by atoms with Gasteiger partial charge in [0.15, 0.2) is 5.82 Å². The maximum Gasteiger partial charge on any atom is 0.231 e. The van der Waals surface area contributed by atoms with Gasteiger partial charge in [-0.2, -0.15) is 5.10 Å². The maximum atomic E-state index is 10.8. The summed E-state index contributed by atoms with van der Waals surface area (Å²) >= 11 is 0. The Morgan fingerprint density at radius 1 is 1.35 bits per heavy atom. The molecule has 0 unspecified atom stereocenters. The number of nitrogens with zero attached hydrogens (tertiary/aromatic N) is 4. The highest BCUT2D eigenvalue weighted by atomic mass is 16.1. The van der Waals surface area contributed by atoms with E-state index < -0.39 is 0 Å². The normalized spacial score (nSPS) is 17.1. The Kier molecular flexibility index (Phi) is 3.38. The van der Waals surface area contributed by atoms with Crippen LogP contribution in [0.5, 0.6) is 0 Å². The zero-order valence-corrected chi connectivity index (χ0v) is 9.54. The first-order valence-electron chi connectivity index (χ1n) is 5.49. The number of carbonyl (C=O) groups excluding carboxylic acids is 1. The van der Waals surface area contributed by atoms with Crippen LogP contribution in [-0.4, -0.2) is 53.7 Å². The lowest BCUT2D eigenvalue weighted by Crippen LogP contribution is -2.49. The van der Waals surface area contributed by atoms with Crippen molar-refractivity contribution in [3.05, 3.63) is 12.3 Å². The number of nitrogens with two attached hydrogens (primary N) is 2. The first-order chi connectivity index (χ1) is 8.16. The predicted molar refractivity (Wildman–Crippen MR) is 64.3 cm³/mol. The second-order valence-corrected chi connectivity index (χ2v) is 4.03. The van der Waals surface area contributed by atoms with Gasteiger partial charge in [-0.15, -0.1) is 5.10 Å². The second kappa shape index (κ2) is 4.96. The molecule has 2 heterocycles. The van der Waals surface area contributed by atoms with E-state index in [1.165, 1.54) is 0 Å². The average molecular weight is 236 g/mol. The molecule has 1 fully saturated rings. The van der Waals surface area contributed by atoms with Crippen molar-refractivity contribution < 1.29 is 4.79 Å². The number of nitrogen functional groups attached to an aromatic ring is 1. The molecule has 7 heteroatoms. The van der Waals surface area contributed by atoms with E-state index in [0.717, 1.165) is 31.9 Å². The zero-order chi connectivity index (χ0) is 12.3. The van der Waals surface area contributed by atoms with Gasteiger partial charge in [0.2, 0.25) is 5.91 Å². The summed E-state index contributed by atoms with van der Waals surface area (Å²) in [5.41, 5.74) is 11.8. The van der Waals surface area contributed by atoms with Crippen LogP contribution in [0.4, 0.5) is 11.5 Å². The Morgan fingerprint density at radius 2 is 2.06 bits per heavy atom. The van der Waals surface area contributed by atoms with E-state index >= 15 is 0 Å². The highest BCUT2D eigenvalue weighted by molar-refractivity contribution is 5.76. The van der Waals surface area contributed by atoms with E-state index in [-0.39, 0.29) is 5.91 Å². The molecule has 0 saturated carbocycles. The van der Waals surface area contributed by atoms with Crippen LogP contribution in [0.2, 0.25) is 0 Å². The van der Waals surface area contributed by atoms with E-state index in [0.29, 0.717) is 12.4 Å².